The standard InChI is InChI=1S/C13H12Cl2O3/c1-2-17-13(16)10-6-5-18-12-8(15)4-3-7(14)11(12)9(6)10/h3-4,6,9-10H,2,5H2,1H3/t6-,9+,10?/m0/s1. The molecule has 1 aromatic rings. The summed E-state index contributed by atoms with van der Waals surface area (Å²) >= 11 is 12.3. The summed E-state index contributed by atoms with van der Waals surface area (Å²) in [5.74, 6) is 0.589. The van der Waals surface area contributed by atoms with Crippen LogP contribution in [0.5, 0.6) is 5.75 Å². The van der Waals surface area contributed by atoms with Crippen LogP contribution in [0, 0.1) is 11.8 Å². The Labute approximate surface area is 115 Å². The molecule has 96 valence electrons. The van der Waals surface area contributed by atoms with E-state index >= 15 is 0 Å². The first-order valence-electron chi connectivity index (χ1n) is 5.92. The lowest BCUT2D eigenvalue weighted by Crippen LogP contribution is -2.10. The largest absolute Gasteiger partial charge is 0.491 e. The fourth-order valence-electron chi connectivity index (χ4n) is 2.72. The third kappa shape index (κ3) is 1.69. The van der Waals surface area contributed by atoms with E-state index in [2.05, 4.69) is 0 Å². The van der Waals surface area contributed by atoms with Gasteiger partial charge in [-0.2, -0.15) is 0 Å². The first-order chi connectivity index (χ1) is 8.65. The van der Waals surface area contributed by atoms with Crippen molar-refractivity contribution in [1.82, 2.24) is 0 Å². The summed E-state index contributed by atoms with van der Waals surface area (Å²) < 4.78 is 10.7. The molecule has 1 fully saturated rings. The lowest BCUT2D eigenvalue weighted by Gasteiger charge is -2.18. The van der Waals surface area contributed by atoms with Gasteiger partial charge in [-0.1, -0.05) is 23.2 Å². The Kier molecular flexibility index (Phi) is 2.91. The normalized spacial score (nSPS) is 27.8. The summed E-state index contributed by atoms with van der Waals surface area (Å²) in [6.45, 7) is 2.70. The van der Waals surface area contributed by atoms with Crippen LogP contribution in [0.25, 0.3) is 0 Å². The van der Waals surface area contributed by atoms with Crippen molar-refractivity contribution in [1.29, 1.82) is 0 Å². The minimum atomic E-state index is -0.167. The van der Waals surface area contributed by atoms with E-state index in [0.29, 0.717) is 29.0 Å². The number of carbonyl (C=O) groups is 1. The molecule has 0 spiro atoms. The molecule has 1 aliphatic heterocycles. The van der Waals surface area contributed by atoms with Gasteiger partial charge in [0.1, 0.15) is 5.75 Å². The molecule has 0 bridgehead atoms. The Morgan fingerprint density at radius 1 is 1.44 bits per heavy atom. The maximum Gasteiger partial charge on any atom is 0.309 e. The quantitative estimate of drug-likeness (QED) is 0.783. The highest BCUT2D eigenvalue weighted by Gasteiger charge is 2.60. The maximum absolute atomic E-state index is 11.8. The minimum Gasteiger partial charge on any atom is -0.491 e. The first kappa shape index (κ1) is 12.1. The predicted molar refractivity (Wildman–Crippen MR) is 68.3 cm³/mol. The number of carbonyl (C=O) groups excluding carboxylic acids is 1. The lowest BCUT2D eigenvalue weighted by molar-refractivity contribution is -0.145. The van der Waals surface area contributed by atoms with Crippen molar-refractivity contribution in [3.63, 3.8) is 0 Å². The van der Waals surface area contributed by atoms with Gasteiger partial charge < -0.3 is 9.47 Å². The van der Waals surface area contributed by atoms with E-state index in [1.807, 2.05) is 0 Å². The highest BCUT2D eigenvalue weighted by molar-refractivity contribution is 6.35. The predicted octanol–water partition coefficient (Wildman–Crippen LogP) is 3.28. The first-order valence-corrected chi connectivity index (χ1v) is 6.68. The zero-order chi connectivity index (χ0) is 12.9. The van der Waals surface area contributed by atoms with Crippen LogP contribution in [0.4, 0.5) is 0 Å². The monoisotopic (exact) mass is 286 g/mol. The number of esters is 1. The molecule has 0 aromatic heterocycles. The number of ether oxygens (including phenoxy) is 2. The van der Waals surface area contributed by atoms with Crippen LogP contribution in [0.1, 0.15) is 18.4 Å². The summed E-state index contributed by atoms with van der Waals surface area (Å²) in [4.78, 5) is 11.8. The molecule has 0 amide bonds. The van der Waals surface area contributed by atoms with E-state index in [-0.39, 0.29) is 23.7 Å². The molecule has 0 N–H and O–H groups in total. The van der Waals surface area contributed by atoms with Crippen molar-refractivity contribution < 1.29 is 14.3 Å². The molecule has 3 rings (SSSR count). The van der Waals surface area contributed by atoms with Gasteiger partial charge in [-0.3, -0.25) is 4.79 Å². The average molecular weight is 287 g/mol. The average Bonchev–Trinajstić information content (AvgIpc) is 3.08. The number of halogens is 2. The van der Waals surface area contributed by atoms with Crippen LogP contribution >= 0.6 is 23.2 Å². The third-order valence-electron chi connectivity index (χ3n) is 3.58. The molecule has 0 saturated heterocycles. The van der Waals surface area contributed by atoms with E-state index in [4.69, 9.17) is 32.7 Å². The molecule has 3 nitrogen and oxygen atoms in total. The molecule has 1 unspecified atom stereocenters. The fraction of sp³-hybridized carbons (Fsp3) is 0.462. The molecule has 1 aliphatic carbocycles. The van der Waals surface area contributed by atoms with Crippen molar-refractivity contribution in [2.75, 3.05) is 13.2 Å². The molecular weight excluding hydrogens is 275 g/mol. The second-order valence-electron chi connectivity index (χ2n) is 4.55. The summed E-state index contributed by atoms with van der Waals surface area (Å²) in [5.41, 5.74) is 0.860. The molecular formula is C13H12Cl2O3. The highest BCUT2D eigenvalue weighted by atomic mass is 35.5. The third-order valence-corrected chi connectivity index (χ3v) is 4.20. The fourth-order valence-corrected chi connectivity index (χ4v) is 3.21. The van der Waals surface area contributed by atoms with Crippen molar-refractivity contribution in [3.05, 3.63) is 27.7 Å². The molecule has 18 heavy (non-hydrogen) atoms. The van der Waals surface area contributed by atoms with Crippen molar-refractivity contribution in [3.8, 4) is 5.75 Å². The van der Waals surface area contributed by atoms with E-state index < -0.39 is 0 Å². The maximum atomic E-state index is 11.8. The topological polar surface area (TPSA) is 35.5 Å². The second-order valence-corrected chi connectivity index (χ2v) is 5.36. The Morgan fingerprint density at radius 3 is 2.89 bits per heavy atom. The number of hydrogen-bond acceptors (Lipinski definition) is 3. The summed E-state index contributed by atoms with van der Waals surface area (Å²) in [6, 6.07) is 3.46. The van der Waals surface area contributed by atoms with Crippen molar-refractivity contribution in [2.24, 2.45) is 11.8 Å². The van der Waals surface area contributed by atoms with Crippen LogP contribution < -0.4 is 4.74 Å². The summed E-state index contributed by atoms with van der Waals surface area (Å²) in [5, 5.41) is 1.15. The van der Waals surface area contributed by atoms with Crippen LogP contribution in [0.3, 0.4) is 0 Å². The van der Waals surface area contributed by atoms with Crippen LogP contribution in [0.15, 0.2) is 12.1 Å². The van der Waals surface area contributed by atoms with Gasteiger partial charge in [-0.15, -0.1) is 0 Å². The Balaban J connectivity index is 1.95. The Bertz CT molecular complexity index is 515. The lowest BCUT2D eigenvalue weighted by atomic mass is 10.1. The molecule has 1 saturated carbocycles. The van der Waals surface area contributed by atoms with Gasteiger partial charge in [-0.25, -0.2) is 0 Å². The van der Waals surface area contributed by atoms with E-state index in [1.165, 1.54) is 0 Å². The zero-order valence-corrected chi connectivity index (χ0v) is 11.3. The molecule has 5 heteroatoms. The van der Waals surface area contributed by atoms with Crippen molar-refractivity contribution in [2.45, 2.75) is 12.8 Å². The number of rotatable bonds is 2. The number of fused-ring (bicyclic) bond motifs is 3. The van der Waals surface area contributed by atoms with Crippen LogP contribution in [-0.2, 0) is 9.53 Å². The number of hydrogen-bond donors (Lipinski definition) is 0. The summed E-state index contributed by atoms with van der Waals surface area (Å²) in [7, 11) is 0. The van der Waals surface area contributed by atoms with Crippen molar-refractivity contribution >= 4 is 29.2 Å². The van der Waals surface area contributed by atoms with Gasteiger partial charge >= 0.3 is 5.97 Å². The SMILES string of the molecule is CCOC(=O)C1[C@H]2COc3c(Cl)ccc(Cl)c3[C@@H]12. The number of benzene rings is 1. The Morgan fingerprint density at radius 2 is 2.17 bits per heavy atom. The van der Waals surface area contributed by atoms with Gasteiger partial charge in [0.2, 0.25) is 0 Å². The second kappa shape index (κ2) is 4.32. The minimum absolute atomic E-state index is 0.0963. The molecule has 1 aromatic carbocycles. The molecule has 2 aliphatic rings. The Hall–Kier alpha value is -0.930. The van der Waals surface area contributed by atoms with Gasteiger partial charge in [0, 0.05) is 22.4 Å². The van der Waals surface area contributed by atoms with Gasteiger partial charge in [0.25, 0.3) is 0 Å². The summed E-state index contributed by atoms with van der Waals surface area (Å²) in [6.07, 6.45) is 0. The zero-order valence-electron chi connectivity index (χ0n) is 9.78. The van der Waals surface area contributed by atoms with Gasteiger partial charge in [-0.05, 0) is 19.1 Å². The molecule has 3 atom stereocenters. The van der Waals surface area contributed by atoms with E-state index in [1.54, 1.807) is 19.1 Å². The van der Waals surface area contributed by atoms with E-state index in [0.717, 1.165) is 5.56 Å². The van der Waals surface area contributed by atoms with Gasteiger partial charge in [0.05, 0.1) is 24.2 Å². The smallest absolute Gasteiger partial charge is 0.309 e. The highest BCUT2D eigenvalue weighted by Crippen LogP contribution is 2.62. The van der Waals surface area contributed by atoms with Gasteiger partial charge in [0.15, 0.2) is 0 Å². The molecule has 1 heterocycles. The van der Waals surface area contributed by atoms with Crippen LogP contribution in [0.2, 0.25) is 10.0 Å². The van der Waals surface area contributed by atoms with Crippen LogP contribution in [-0.4, -0.2) is 19.2 Å². The molecule has 0 radical (unpaired) electrons. The van der Waals surface area contributed by atoms with E-state index in [9.17, 15) is 4.79 Å².